The largest absolute Gasteiger partial charge is 0.497 e. The molecule has 0 bridgehead atoms. The molecule has 2 aliphatic rings. The fraction of sp³-hybridized carbons (Fsp3) is 0.154. The van der Waals surface area contributed by atoms with E-state index in [1.54, 1.807) is 14.2 Å². The van der Waals surface area contributed by atoms with Crippen LogP contribution < -0.4 is 9.47 Å². The highest BCUT2D eigenvalue weighted by Crippen LogP contribution is 2.38. The number of hydrogen-bond donors (Lipinski definition) is 0. The minimum absolute atomic E-state index is 0.703. The number of hydrogen-bond acceptors (Lipinski definition) is 4. The molecule has 5 nitrogen and oxygen atoms in total. The van der Waals surface area contributed by atoms with Gasteiger partial charge in [0, 0.05) is 29.3 Å². The normalized spacial score (nSPS) is 11.2. The predicted molar refractivity (Wildman–Crippen MR) is 123 cm³/mol. The first kappa shape index (κ1) is 19.1. The lowest BCUT2D eigenvalue weighted by Crippen LogP contribution is -2.04. The van der Waals surface area contributed by atoms with Gasteiger partial charge in [-0.3, -0.25) is 0 Å². The molecule has 0 aliphatic carbocycles. The number of fused-ring (bicyclic) bond motifs is 3. The maximum atomic E-state index is 5.49. The van der Waals surface area contributed by atoms with Crippen LogP contribution in [0.5, 0.6) is 11.5 Å². The predicted octanol–water partition coefficient (Wildman–Crippen LogP) is 5.58. The van der Waals surface area contributed by atoms with E-state index >= 15 is 0 Å². The van der Waals surface area contributed by atoms with Crippen LogP contribution in [0.1, 0.15) is 11.1 Å². The molecule has 5 heteroatoms. The maximum absolute atomic E-state index is 5.49. The van der Waals surface area contributed by atoms with Gasteiger partial charge in [0.05, 0.1) is 19.7 Å². The molecule has 0 saturated heterocycles. The first-order valence-corrected chi connectivity index (χ1v) is 10.2. The summed E-state index contributed by atoms with van der Waals surface area (Å²) in [5, 5.41) is 10.1. The number of benzene rings is 3. The van der Waals surface area contributed by atoms with E-state index in [9.17, 15) is 0 Å². The van der Waals surface area contributed by atoms with E-state index < -0.39 is 0 Å². The van der Waals surface area contributed by atoms with Crippen LogP contribution in [0.25, 0.3) is 33.4 Å². The van der Waals surface area contributed by atoms with Crippen molar-refractivity contribution in [3.8, 4) is 34.0 Å². The van der Waals surface area contributed by atoms with Crippen molar-refractivity contribution >= 4 is 10.9 Å². The van der Waals surface area contributed by atoms with E-state index in [2.05, 4.69) is 70.3 Å². The van der Waals surface area contributed by atoms with Gasteiger partial charge in [-0.25, -0.2) is 0 Å². The van der Waals surface area contributed by atoms with Crippen LogP contribution in [0.3, 0.4) is 0 Å². The minimum Gasteiger partial charge on any atom is -0.497 e. The molecule has 31 heavy (non-hydrogen) atoms. The molecular weight excluding hydrogens is 386 g/mol. The van der Waals surface area contributed by atoms with Crippen molar-refractivity contribution in [1.29, 1.82) is 0 Å². The molecule has 0 N–H and O–H groups in total. The number of ether oxygens (including phenoxy) is 2. The van der Waals surface area contributed by atoms with Crippen molar-refractivity contribution in [2.75, 3.05) is 14.2 Å². The lowest BCUT2D eigenvalue weighted by molar-refractivity contribution is 0.414. The summed E-state index contributed by atoms with van der Waals surface area (Å²) in [7, 11) is 3.37. The zero-order valence-electron chi connectivity index (χ0n) is 17.8. The van der Waals surface area contributed by atoms with Crippen LogP contribution in [0, 0.1) is 6.92 Å². The van der Waals surface area contributed by atoms with Gasteiger partial charge in [-0.15, -0.1) is 10.2 Å². The molecule has 0 aromatic heterocycles. The summed E-state index contributed by atoms with van der Waals surface area (Å²) >= 11 is 0. The lowest BCUT2D eigenvalue weighted by Gasteiger charge is -2.16. The fourth-order valence-electron chi connectivity index (χ4n) is 3.97. The van der Waals surface area contributed by atoms with Gasteiger partial charge in [-0.1, -0.05) is 42.0 Å². The molecule has 0 fully saturated rings. The standard InChI is InChI=1S/C26H23N3O2/c1-17-7-9-19(10-8-17)25-23-16-29(15-18-5-4-6-20(13-18)30-2)24-12-11-21(31-3)14-22(24)26(23)28-27-25/h4-14,16H,15H2,1-3H3. The molecule has 0 radical (unpaired) electrons. The Balaban J connectivity index is 1.72. The van der Waals surface area contributed by atoms with E-state index in [1.807, 2.05) is 24.3 Å². The highest BCUT2D eigenvalue weighted by Gasteiger charge is 2.20. The van der Waals surface area contributed by atoms with Gasteiger partial charge in [0.2, 0.25) is 0 Å². The molecular formula is C26H23N3O2. The fourth-order valence-corrected chi connectivity index (χ4v) is 3.97. The summed E-state index contributed by atoms with van der Waals surface area (Å²) in [4.78, 5) is 0. The molecule has 2 heterocycles. The first-order chi connectivity index (χ1) is 15.2. The molecule has 0 spiro atoms. The molecule has 3 aromatic rings. The topological polar surface area (TPSA) is 49.2 Å². The molecule has 5 rings (SSSR count). The van der Waals surface area contributed by atoms with Crippen molar-refractivity contribution in [2.45, 2.75) is 13.5 Å². The van der Waals surface area contributed by atoms with E-state index in [4.69, 9.17) is 9.47 Å². The van der Waals surface area contributed by atoms with Crippen LogP contribution >= 0.6 is 0 Å². The second-order valence-corrected chi connectivity index (χ2v) is 7.67. The third-order valence-corrected chi connectivity index (χ3v) is 5.63. The Kier molecular flexibility index (Phi) is 4.79. The SMILES string of the molecule is COc1cccc(Cn2cc3c(-c4ccc(C)cc4)nnc-3c3cc(OC)ccc32)c1. The van der Waals surface area contributed by atoms with Gasteiger partial charge in [-0.2, -0.15) is 0 Å². The molecule has 154 valence electrons. The average molecular weight is 409 g/mol. The summed E-state index contributed by atoms with van der Waals surface area (Å²) in [5.74, 6) is 1.65. The summed E-state index contributed by atoms with van der Waals surface area (Å²) < 4.78 is 13.1. The summed E-state index contributed by atoms with van der Waals surface area (Å²) in [6, 6.07) is 22.6. The summed E-state index contributed by atoms with van der Waals surface area (Å²) in [5.41, 5.74) is 7.30. The van der Waals surface area contributed by atoms with Crippen LogP contribution in [0.4, 0.5) is 0 Å². The molecule has 0 amide bonds. The van der Waals surface area contributed by atoms with Crippen molar-refractivity contribution in [1.82, 2.24) is 14.8 Å². The summed E-state index contributed by atoms with van der Waals surface area (Å²) in [6.07, 6.45) is 2.15. The maximum Gasteiger partial charge on any atom is 0.119 e. The Morgan fingerprint density at radius 3 is 2.32 bits per heavy atom. The monoisotopic (exact) mass is 409 g/mol. The Morgan fingerprint density at radius 1 is 0.806 bits per heavy atom. The van der Waals surface area contributed by atoms with Gasteiger partial charge in [0.25, 0.3) is 0 Å². The summed E-state index contributed by atoms with van der Waals surface area (Å²) in [6.45, 7) is 2.79. The van der Waals surface area contributed by atoms with Gasteiger partial charge in [-0.05, 0) is 42.8 Å². The van der Waals surface area contributed by atoms with E-state index in [0.717, 1.165) is 50.5 Å². The minimum atomic E-state index is 0.703. The van der Waals surface area contributed by atoms with Crippen LogP contribution in [0.2, 0.25) is 0 Å². The van der Waals surface area contributed by atoms with Crippen molar-refractivity contribution in [2.24, 2.45) is 0 Å². The number of rotatable bonds is 5. The van der Waals surface area contributed by atoms with Crippen molar-refractivity contribution in [3.05, 3.63) is 84.1 Å². The first-order valence-electron chi connectivity index (χ1n) is 10.2. The lowest BCUT2D eigenvalue weighted by atomic mass is 10.0. The number of nitrogens with zero attached hydrogens (tertiary/aromatic N) is 3. The molecule has 0 saturated carbocycles. The van der Waals surface area contributed by atoms with E-state index in [0.29, 0.717) is 6.54 Å². The van der Waals surface area contributed by atoms with E-state index in [1.165, 1.54) is 5.56 Å². The third kappa shape index (κ3) is 3.48. The average Bonchev–Trinajstić information content (AvgIpc) is 3.23. The van der Waals surface area contributed by atoms with Crippen molar-refractivity contribution < 1.29 is 9.47 Å². The quantitative estimate of drug-likeness (QED) is 0.380. The van der Waals surface area contributed by atoms with Gasteiger partial charge in [0.1, 0.15) is 22.9 Å². The zero-order chi connectivity index (χ0) is 21.4. The van der Waals surface area contributed by atoms with Gasteiger partial charge < -0.3 is 14.0 Å². The molecule has 3 aromatic carbocycles. The van der Waals surface area contributed by atoms with Gasteiger partial charge >= 0.3 is 0 Å². The number of methoxy groups -OCH3 is 2. The van der Waals surface area contributed by atoms with Crippen LogP contribution in [-0.4, -0.2) is 29.0 Å². The third-order valence-electron chi connectivity index (χ3n) is 5.63. The second kappa shape index (κ2) is 7.76. The molecule has 0 atom stereocenters. The highest BCUT2D eigenvalue weighted by molar-refractivity contribution is 5.98. The highest BCUT2D eigenvalue weighted by atomic mass is 16.5. The number of pyridine rings is 1. The Morgan fingerprint density at radius 2 is 1.55 bits per heavy atom. The Hall–Kier alpha value is -3.86. The number of aryl methyl sites for hydroxylation is 1. The van der Waals surface area contributed by atoms with Crippen LogP contribution in [0.15, 0.2) is 72.9 Å². The Labute approximate surface area is 181 Å². The smallest absolute Gasteiger partial charge is 0.119 e. The van der Waals surface area contributed by atoms with Gasteiger partial charge in [0.15, 0.2) is 0 Å². The second-order valence-electron chi connectivity index (χ2n) is 7.67. The number of aromatic nitrogens is 3. The zero-order valence-corrected chi connectivity index (χ0v) is 17.8. The van der Waals surface area contributed by atoms with E-state index in [-0.39, 0.29) is 0 Å². The van der Waals surface area contributed by atoms with Crippen molar-refractivity contribution in [3.63, 3.8) is 0 Å². The Bertz CT molecular complexity index is 1340. The molecule has 2 aliphatic heterocycles. The molecule has 0 unspecified atom stereocenters. The van der Waals surface area contributed by atoms with Crippen LogP contribution in [-0.2, 0) is 6.54 Å².